The molecule has 0 aromatic heterocycles. The third-order valence-corrected chi connectivity index (χ3v) is 4.63. The first-order valence-corrected chi connectivity index (χ1v) is 10.5. The number of nitrogens with zero attached hydrogens (tertiary/aromatic N) is 1. The average molecular weight is 493 g/mol. The summed E-state index contributed by atoms with van der Waals surface area (Å²) in [7, 11) is 1.51. The van der Waals surface area contributed by atoms with Crippen LogP contribution in [0, 0.1) is 0 Å². The number of hydrogen-bond acceptors (Lipinski definition) is 5. The highest BCUT2D eigenvalue weighted by atomic mass is 35.5. The van der Waals surface area contributed by atoms with E-state index in [4.69, 9.17) is 65.5 Å². The quantitative estimate of drug-likeness (QED) is 0.194. The van der Waals surface area contributed by atoms with Crippen LogP contribution in [-0.2, 0) is 4.84 Å². The lowest BCUT2D eigenvalue weighted by molar-refractivity contribution is 0.213. The lowest BCUT2D eigenvalue weighted by Crippen LogP contribution is -2.08. The zero-order valence-electron chi connectivity index (χ0n) is 16.5. The number of hydrogen-bond donors (Lipinski definition) is 0. The van der Waals surface area contributed by atoms with E-state index >= 15 is 0 Å². The molecular formula is C21H21Cl4NO4. The molecule has 2 aromatic rings. The van der Waals surface area contributed by atoms with E-state index < -0.39 is 0 Å². The Labute approximate surface area is 196 Å². The van der Waals surface area contributed by atoms with Crippen molar-refractivity contribution in [3.05, 3.63) is 62.6 Å². The molecule has 0 aliphatic heterocycles. The average Bonchev–Trinajstić information content (AvgIpc) is 2.69. The van der Waals surface area contributed by atoms with Crippen molar-refractivity contribution >= 4 is 52.1 Å². The molecule has 0 bridgehead atoms. The first-order valence-electron chi connectivity index (χ1n) is 8.98. The largest absolute Gasteiger partial charge is 0.493 e. The van der Waals surface area contributed by atoms with E-state index in [-0.39, 0.29) is 11.1 Å². The van der Waals surface area contributed by atoms with Gasteiger partial charge in [0.1, 0.15) is 29.7 Å². The van der Waals surface area contributed by atoms with Crippen molar-refractivity contribution in [2.45, 2.75) is 13.3 Å². The number of rotatable bonds is 11. The molecule has 0 atom stereocenters. The third-order valence-electron chi connectivity index (χ3n) is 3.76. The Morgan fingerprint density at radius 1 is 1.00 bits per heavy atom. The summed E-state index contributed by atoms with van der Waals surface area (Å²) in [6.45, 7) is 2.87. The fourth-order valence-electron chi connectivity index (χ4n) is 2.45. The van der Waals surface area contributed by atoms with Crippen LogP contribution >= 0.6 is 46.4 Å². The molecule has 0 spiro atoms. The summed E-state index contributed by atoms with van der Waals surface area (Å²) in [4.78, 5) is 4.83. The minimum atomic E-state index is 0.123. The Morgan fingerprint density at radius 2 is 1.67 bits per heavy atom. The molecule has 0 aliphatic rings. The highest BCUT2D eigenvalue weighted by molar-refractivity contribution is 6.55. The molecule has 0 N–H and O–H groups in total. The SMILES string of the molecule is CO/N=C(\C)c1ccccc1OCCCOc1c(Cl)cc(OCC=C(Cl)Cl)cc1Cl. The second-order valence-electron chi connectivity index (χ2n) is 5.93. The van der Waals surface area contributed by atoms with E-state index in [1.54, 1.807) is 12.1 Å². The van der Waals surface area contributed by atoms with Gasteiger partial charge in [-0.25, -0.2) is 0 Å². The smallest absolute Gasteiger partial charge is 0.156 e. The predicted octanol–water partition coefficient (Wildman–Crippen LogP) is 6.91. The van der Waals surface area contributed by atoms with Gasteiger partial charge in [0.05, 0.1) is 29.0 Å². The summed E-state index contributed by atoms with van der Waals surface area (Å²) < 4.78 is 17.2. The molecule has 30 heavy (non-hydrogen) atoms. The molecule has 0 saturated carbocycles. The molecule has 5 nitrogen and oxygen atoms in total. The van der Waals surface area contributed by atoms with Gasteiger partial charge in [-0.05, 0) is 25.1 Å². The summed E-state index contributed by atoms with van der Waals surface area (Å²) in [6, 6.07) is 10.8. The van der Waals surface area contributed by atoms with Gasteiger partial charge in [-0.15, -0.1) is 0 Å². The van der Waals surface area contributed by atoms with Crippen molar-refractivity contribution < 1.29 is 19.0 Å². The van der Waals surface area contributed by atoms with Crippen LogP contribution in [0.5, 0.6) is 17.2 Å². The molecule has 2 rings (SSSR count). The first kappa shape index (κ1) is 24.5. The molecule has 2 aromatic carbocycles. The molecule has 0 aliphatic carbocycles. The van der Waals surface area contributed by atoms with Gasteiger partial charge in [0.15, 0.2) is 5.75 Å². The van der Waals surface area contributed by atoms with Gasteiger partial charge in [0.2, 0.25) is 0 Å². The summed E-state index contributed by atoms with van der Waals surface area (Å²) in [5.41, 5.74) is 1.60. The van der Waals surface area contributed by atoms with Crippen LogP contribution in [0.3, 0.4) is 0 Å². The second-order valence-corrected chi connectivity index (χ2v) is 7.75. The first-order chi connectivity index (χ1) is 14.4. The monoisotopic (exact) mass is 491 g/mol. The van der Waals surface area contributed by atoms with Crippen LogP contribution in [-0.4, -0.2) is 32.6 Å². The highest BCUT2D eigenvalue weighted by Gasteiger charge is 2.11. The van der Waals surface area contributed by atoms with E-state index in [0.717, 1.165) is 17.0 Å². The molecule has 0 heterocycles. The Kier molecular flexibility index (Phi) is 10.4. The molecule has 162 valence electrons. The van der Waals surface area contributed by atoms with Crippen molar-refractivity contribution in [2.24, 2.45) is 5.16 Å². The van der Waals surface area contributed by atoms with E-state index in [0.29, 0.717) is 41.2 Å². The van der Waals surface area contributed by atoms with Crippen LogP contribution in [0.4, 0.5) is 0 Å². The minimum absolute atomic E-state index is 0.123. The Morgan fingerprint density at radius 3 is 2.33 bits per heavy atom. The number of benzene rings is 2. The summed E-state index contributed by atoms with van der Waals surface area (Å²) in [6.07, 6.45) is 2.13. The standard InChI is InChI=1S/C21H21Cl4NO4/c1-14(26-27-2)16-6-3-4-7-19(16)29-9-5-10-30-21-17(22)12-15(13-18(21)23)28-11-8-20(24)25/h3-4,6-8,12-13H,5,9-11H2,1-2H3/b26-14+. The van der Waals surface area contributed by atoms with Gasteiger partial charge in [0, 0.05) is 24.1 Å². The molecule has 0 saturated heterocycles. The van der Waals surface area contributed by atoms with Crippen LogP contribution < -0.4 is 14.2 Å². The van der Waals surface area contributed by atoms with E-state index in [9.17, 15) is 0 Å². The maximum absolute atomic E-state index is 6.26. The normalized spacial score (nSPS) is 11.1. The van der Waals surface area contributed by atoms with Crippen molar-refractivity contribution in [2.75, 3.05) is 26.9 Å². The van der Waals surface area contributed by atoms with Crippen molar-refractivity contribution in [1.29, 1.82) is 0 Å². The molecule has 9 heteroatoms. The number of para-hydroxylation sites is 1. The summed E-state index contributed by atoms with van der Waals surface area (Å²) in [5.74, 6) is 1.59. The fourth-order valence-corrected chi connectivity index (χ4v) is 3.15. The lowest BCUT2D eigenvalue weighted by Gasteiger charge is -2.13. The number of halogens is 4. The number of ether oxygens (including phenoxy) is 3. The molecule has 0 unspecified atom stereocenters. The summed E-state index contributed by atoms with van der Waals surface area (Å²) in [5, 5.41) is 4.64. The zero-order chi connectivity index (χ0) is 21.9. The maximum Gasteiger partial charge on any atom is 0.156 e. The highest BCUT2D eigenvalue weighted by Crippen LogP contribution is 2.37. The van der Waals surface area contributed by atoms with Crippen molar-refractivity contribution in [1.82, 2.24) is 0 Å². The lowest BCUT2D eigenvalue weighted by atomic mass is 10.1. The molecule has 0 fully saturated rings. The van der Waals surface area contributed by atoms with Crippen LogP contribution in [0.15, 0.2) is 52.1 Å². The number of oxime groups is 1. The molecular weight excluding hydrogens is 472 g/mol. The Bertz CT molecular complexity index is 875. The van der Waals surface area contributed by atoms with Crippen molar-refractivity contribution in [3.8, 4) is 17.2 Å². The van der Waals surface area contributed by atoms with E-state index in [2.05, 4.69) is 5.16 Å². The van der Waals surface area contributed by atoms with Crippen molar-refractivity contribution in [3.63, 3.8) is 0 Å². The fraction of sp³-hybridized carbons (Fsp3) is 0.286. The summed E-state index contributed by atoms with van der Waals surface area (Å²) >= 11 is 23.6. The minimum Gasteiger partial charge on any atom is -0.493 e. The Hall–Kier alpha value is -1.79. The molecule has 0 radical (unpaired) electrons. The van der Waals surface area contributed by atoms with Gasteiger partial charge >= 0.3 is 0 Å². The third kappa shape index (κ3) is 7.80. The van der Waals surface area contributed by atoms with Crippen LogP contribution in [0.1, 0.15) is 18.9 Å². The van der Waals surface area contributed by atoms with E-state index in [1.165, 1.54) is 13.2 Å². The second kappa shape index (κ2) is 12.8. The van der Waals surface area contributed by atoms with Gasteiger partial charge in [-0.1, -0.05) is 63.7 Å². The predicted molar refractivity (Wildman–Crippen MR) is 123 cm³/mol. The topological polar surface area (TPSA) is 49.3 Å². The van der Waals surface area contributed by atoms with Gasteiger partial charge in [-0.2, -0.15) is 0 Å². The van der Waals surface area contributed by atoms with Gasteiger partial charge in [0.25, 0.3) is 0 Å². The van der Waals surface area contributed by atoms with E-state index in [1.807, 2.05) is 31.2 Å². The molecule has 0 amide bonds. The maximum atomic E-state index is 6.26. The Balaban J connectivity index is 1.87. The van der Waals surface area contributed by atoms with Crippen LogP contribution in [0.2, 0.25) is 10.0 Å². The van der Waals surface area contributed by atoms with Gasteiger partial charge in [-0.3, -0.25) is 0 Å². The zero-order valence-corrected chi connectivity index (χ0v) is 19.5. The van der Waals surface area contributed by atoms with Gasteiger partial charge < -0.3 is 19.0 Å². The van der Waals surface area contributed by atoms with Crippen LogP contribution in [0.25, 0.3) is 0 Å².